The molecule has 0 fully saturated rings. The Balaban J connectivity index is 4.77. The van der Waals surface area contributed by atoms with E-state index in [1.165, 1.54) is 0 Å². The van der Waals surface area contributed by atoms with E-state index in [0.717, 1.165) is 6.42 Å². The molecule has 0 amide bonds. The topological polar surface area (TPSA) is 66.8 Å². The van der Waals surface area contributed by atoms with Crippen LogP contribution in [0.4, 0.5) is 0 Å². The van der Waals surface area contributed by atoms with Crippen molar-refractivity contribution in [3.8, 4) is 0 Å². The van der Waals surface area contributed by atoms with E-state index in [9.17, 15) is 15.0 Å². The Kier molecular flexibility index (Phi) is 5.97. The van der Waals surface area contributed by atoms with Crippen LogP contribution in [0.5, 0.6) is 0 Å². The highest BCUT2D eigenvalue weighted by atomic mass is 16.5. The Bertz CT molecular complexity index is 223. The van der Waals surface area contributed by atoms with Gasteiger partial charge in [0.1, 0.15) is 0 Å². The molecule has 0 aromatic rings. The summed E-state index contributed by atoms with van der Waals surface area (Å²) in [5.74, 6) is -0.398. The van der Waals surface area contributed by atoms with Gasteiger partial charge in [0.15, 0.2) is 0 Å². The minimum Gasteiger partial charge on any atom is -0.466 e. The molecule has 0 aromatic heterocycles. The molecule has 0 aliphatic rings. The van der Waals surface area contributed by atoms with Crippen molar-refractivity contribution in [3.05, 3.63) is 0 Å². The van der Waals surface area contributed by atoms with Crippen LogP contribution < -0.4 is 0 Å². The first-order valence-electron chi connectivity index (χ1n) is 5.76. The molecule has 0 saturated heterocycles. The first-order valence-corrected chi connectivity index (χ1v) is 5.76. The fourth-order valence-electron chi connectivity index (χ4n) is 1.73. The fourth-order valence-corrected chi connectivity index (χ4v) is 1.73. The highest BCUT2D eigenvalue weighted by Gasteiger charge is 2.40. The first-order chi connectivity index (χ1) is 7.37. The van der Waals surface area contributed by atoms with Crippen molar-refractivity contribution in [2.75, 3.05) is 19.8 Å². The van der Waals surface area contributed by atoms with Gasteiger partial charge in [0.25, 0.3) is 0 Å². The van der Waals surface area contributed by atoms with Crippen LogP contribution in [0.25, 0.3) is 0 Å². The molecule has 96 valence electrons. The number of esters is 1. The lowest BCUT2D eigenvalue weighted by molar-refractivity contribution is -0.159. The van der Waals surface area contributed by atoms with Crippen LogP contribution in [-0.4, -0.2) is 36.0 Å². The van der Waals surface area contributed by atoms with Crippen LogP contribution in [0.3, 0.4) is 0 Å². The fraction of sp³-hybridized carbons (Fsp3) is 0.917. The van der Waals surface area contributed by atoms with E-state index >= 15 is 0 Å². The zero-order valence-corrected chi connectivity index (χ0v) is 10.7. The summed E-state index contributed by atoms with van der Waals surface area (Å²) >= 11 is 0. The molecule has 4 nitrogen and oxygen atoms in total. The minimum absolute atomic E-state index is 0.00149. The summed E-state index contributed by atoms with van der Waals surface area (Å²) in [7, 11) is 0. The van der Waals surface area contributed by atoms with E-state index in [2.05, 4.69) is 0 Å². The van der Waals surface area contributed by atoms with Crippen molar-refractivity contribution >= 4 is 5.97 Å². The third kappa shape index (κ3) is 3.76. The number of hydrogen-bond donors (Lipinski definition) is 2. The van der Waals surface area contributed by atoms with Crippen LogP contribution in [0.2, 0.25) is 0 Å². The van der Waals surface area contributed by atoms with Crippen LogP contribution in [0, 0.1) is 10.8 Å². The van der Waals surface area contributed by atoms with Gasteiger partial charge in [-0.3, -0.25) is 4.79 Å². The summed E-state index contributed by atoms with van der Waals surface area (Å²) in [5, 5.41) is 18.7. The van der Waals surface area contributed by atoms with Crippen LogP contribution in [0.15, 0.2) is 0 Å². The predicted octanol–water partition coefficient (Wildman–Crippen LogP) is 1.35. The third-order valence-corrected chi connectivity index (χ3v) is 3.17. The second kappa shape index (κ2) is 6.21. The Morgan fingerprint density at radius 1 is 1.19 bits per heavy atom. The Morgan fingerprint density at radius 3 is 2.06 bits per heavy atom. The lowest BCUT2D eigenvalue weighted by atomic mass is 9.72. The molecule has 0 saturated carbocycles. The van der Waals surface area contributed by atoms with Crippen molar-refractivity contribution in [2.24, 2.45) is 10.8 Å². The maximum atomic E-state index is 11.7. The second-order valence-electron chi connectivity index (χ2n) is 4.94. The number of rotatable bonds is 7. The highest BCUT2D eigenvalue weighted by molar-refractivity contribution is 5.76. The number of aliphatic hydroxyl groups is 2. The number of carbonyl (C=O) groups is 1. The van der Waals surface area contributed by atoms with Crippen LogP contribution in [-0.2, 0) is 9.53 Å². The Hall–Kier alpha value is -0.610. The monoisotopic (exact) mass is 232 g/mol. The lowest BCUT2D eigenvalue weighted by Gasteiger charge is -2.35. The maximum absolute atomic E-state index is 11.7. The molecule has 0 heterocycles. The van der Waals surface area contributed by atoms with E-state index in [1.807, 2.05) is 13.8 Å². The molecule has 2 atom stereocenters. The van der Waals surface area contributed by atoms with Crippen molar-refractivity contribution in [1.82, 2.24) is 0 Å². The summed E-state index contributed by atoms with van der Waals surface area (Å²) in [6, 6.07) is 0. The molecular weight excluding hydrogens is 208 g/mol. The van der Waals surface area contributed by atoms with Gasteiger partial charge in [-0.15, -0.1) is 0 Å². The molecule has 0 bridgehead atoms. The van der Waals surface area contributed by atoms with Crippen molar-refractivity contribution in [1.29, 1.82) is 0 Å². The highest BCUT2D eigenvalue weighted by Crippen LogP contribution is 2.37. The SMILES string of the molecule is CCOC(=O)C(C)(CO)CC(C)(CC)CO. The van der Waals surface area contributed by atoms with Gasteiger partial charge in [-0.1, -0.05) is 13.8 Å². The van der Waals surface area contributed by atoms with E-state index in [-0.39, 0.29) is 18.6 Å². The predicted molar refractivity (Wildman–Crippen MR) is 61.9 cm³/mol. The number of ether oxygens (including phenoxy) is 1. The molecule has 16 heavy (non-hydrogen) atoms. The van der Waals surface area contributed by atoms with Gasteiger partial charge in [0.2, 0.25) is 0 Å². The van der Waals surface area contributed by atoms with Gasteiger partial charge in [0, 0.05) is 6.61 Å². The van der Waals surface area contributed by atoms with E-state index < -0.39 is 11.4 Å². The average Bonchev–Trinajstić information content (AvgIpc) is 2.29. The molecule has 0 aromatic carbocycles. The quantitative estimate of drug-likeness (QED) is 0.650. The molecule has 0 aliphatic heterocycles. The van der Waals surface area contributed by atoms with E-state index in [1.54, 1.807) is 13.8 Å². The van der Waals surface area contributed by atoms with Crippen molar-refractivity contribution in [2.45, 2.75) is 40.5 Å². The Labute approximate surface area is 97.6 Å². The molecule has 0 spiro atoms. The van der Waals surface area contributed by atoms with Gasteiger partial charge < -0.3 is 14.9 Å². The molecule has 0 aliphatic carbocycles. The summed E-state index contributed by atoms with van der Waals surface area (Å²) < 4.78 is 4.95. The van der Waals surface area contributed by atoms with Crippen LogP contribution >= 0.6 is 0 Å². The zero-order chi connectivity index (χ0) is 12.8. The van der Waals surface area contributed by atoms with Gasteiger partial charge in [0.05, 0.1) is 18.6 Å². The average molecular weight is 232 g/mol. The molecule has 0 radical (unpaired) electrons. The summed E-state index contributed by atoms with van der Waals surface area (Å²) in [6.45, 7) is 7.31. The van der Waals surface area contributed by atoms with Crippen molar-refractivity contribution < 1.29 is 19.7 Å². The van der Waals surface area contributed by atoms with Crippen molar-refractivity contribution in [3.63, 3.8) is 0 Å². The van der Waals surface area contributed by atoms with Crippen LogP contribution in [0.1, 0.15) is 40.5 Å². The third-order valence-electron chi connectivity index (χ3n) is 3.17. The lowest BCUT2D eigenvalue weighted by Crippen LogP contribution is -2.39. The van der Waals surface area contributed by atoms with E-state index in [4.69, 9.17) is 4.74 Å². The van der Waals surface area contributed by atoms with Gasteiger partial charge in [-0.05, 0) is 32.1 Å². The summed E-state index contributed by atoms with van der Waals surface area (Å²) in [5.41, 5.74) is -1.28. The maximum Gasteiger partial charge on any atom is 0.314 e. The number of hydrogen-bond acceptors (Lipinski definition) is 4. The summed E-state index contributed by atoms with van der Waals surface area (Å²) in [4.78, 5) is 11.7. The molecule has 2 unspecified atom stereocenters. The van der Waals surface area contributed by atoms with Gasteiger partial charge in [-0.2, -0.15) is 0 Å². The second-order valence-corrected chi connectivity index (χ2v) is 4.94. The largest absolute Gasteiger partial charge is 0.466 e. The van der Waals surface area contributed by atoms with Gasteiger partial charge >= 0.3 is 5.97 Å². The molecule has 0 rings (SSSR count). The normalized spacial score (nSPS) is 18.6. The summed E-state index contributed by atoms with van der Waals surface area (Å²) in [6.07, 6.45) is 1.17. The zero-order valence-electron chi connectivity index (χ0n) is 10.7. The smallest absolute Gasteiger partial charge is 0.314 e. The number of carbonyl (C=O) groups excluding carboxylic acids is 1. The standard InChI is InChI=1S/C12H24O4/c1-5-11(3,8-13)7-12(4,9-14)10(15)16-6-2/h13-14H,5-9H2,1-4H3. The Morgan fingerprint density at radius 2 is 1.75 bits per heavy atom. The molecule has 4 heteroatoms. The minimum atomic E-state index is -0.927. The molecule has 2 N–H and O–H groups in total. The van der Waals surface area contributed by atoms with E-state index in [0.29, 0.717) is 13.0 Å². The molecular formula is C12H24O4. The number of aliphatic hydroxyl groups excluding tert-OH is 2. The first kappa shape index (κ1) is 15.4. The van der Waals surface area contributed by atoms with Gasteiger partial charge in [-0.25, -0.2) is 0 Å².